The summed E-state index contributed by atoms with van der Waals surface area (Å²) in [5.41, 5.74) is 0. The first-order valence-electron chi connectivity index (χ1n) is 5.05. The van der Waals surface area contributed by atoms with Crippen molar-refractivity contribution >= 4 is 22.9 Å². The average Bonchev–Trinajstić information content (AvgIpc) is 2.86. The molecule has 1 aromatic carbocycles. The van der Waals surface area contributed by atoms with Crippen molar-refractivity contribution < 1.29 is 14.2 Å². The normalized spacial score (nSPS) is 10.2. The maximum absolute atomic E-state index is 5.66. The summed E-state index contributed by atoms with van der Waals surface area (Å²) in [5, 5.41) is 8.85. The zero-order chi connectivity index (χ0) is 13.0. The fourth-order valence-electron chi connectivity index (χ4n) is 1.34. The zero-order valence-corrected chi connectivity index (χ0v) is 11.4. The van der Waals surface area contributed by atoms with Crippen LogP contribution in [-0.4, -0.2) is 24.4 Å². The summed E-state index contributed by atoms with van der Waals surface area (Å²) in [6.07, 6.45) is 0. The Morgan fingerprint density at radius 2 is 1.83 bits per heavy atom. The third-order valence-corrected chi connectivity index (χ3v) is 3.35. The Morgan fingerprint density at radius 3 is 2.33 bits per heavy atom. The summed E-state index contributed by atoms with van der Waals surface area (Å²) in [6.45, 7) is 0. The molecule has 2 rings (SSSR count). The lowest BCUT2D eigenvalue weighted by Crippen LogP contribution is -1.94. The average molecular weight is 287 g/mol. The third kappa shape index (κ3) is 2.65. The number of rotatable bonds is 5. The molecule has 0 saturated heterocycles. The molecule has 0 spiro atoms. The van der Waals surface area contributed by atoms with Crippen LogP contribution in [0.15, 0.2) is 18.2 Å². The lowest BCUT2D eigenvalue weighted by molar-refractivity contribution is 0.345. The quantitative estimate of drug-likeness (QED) is 0.791. The number of para-hydroxylation sites is 1. The Kier molecular flexibility index (Phi) is 4.22. The topological polar surface area (TPSA) is 53.5 Å². The van der Waals surface area contributed by atoms with E-state index in [1.54, 1.807) is 26.4 Å². The van der Waals surface area contributed by atoms with E-state index in [2.05, 4.69) is 10.2 Å². The van der Waals surface area contributed by atoms with Gasteiger partial charge >= 0.3 is 0 Å². The molecule has 0 amide bonds. The summed E-state index contributed by atoms with van der Waals surface area (Å²) >= 11 is 6.94. The molecule has 7 heteroatoms. The first-order valence-corrected chi connectivity index (χ1v) is 6.40. The number of benzene rings is 1. The summed E-state index contributed by atoms with van der Waals surface area (Å²) in [5.74, 6) is 1.91. The molecule has 5 nitrogen and oxygen atoms in total. The number of nitrogens with zero attached hydrogens (tertiary/aromatic N) is 2. The highest BCUT2D eigenvalue weighted by molar-refractivity contribution is 7.13. The van der Waals surface area contributed by atoms with Crippen LogP contribution < -0.4 is 14.2 Å². The molecule has 96 valence electrons. The molecule has 0 aliphatic rings. The van der Waals surface area contributed by atoms with Crippen LogP contribution in [0.2, 0.25) is 0 Å². The molecule has 0 unspecified atom stereocenters. The molecule has 0 aliphatic heterocycles. The minimum absolute atomic E-state index is 0.310. The minimum atomic E-state index is 0.310. The van der Waals surface area contributed by atoms with E-state index >= 15 is 0 Å². The zero-order valence-electron chi connectivity index (χ0n) is 9.84. The van der Waals surface area contributed by atoms with Gasteiger partial charge in [0.15, 0.2) is 11.5 Å². The highest BCUT2D eigenvalue weighted by Crippen LogP contribution is 2.40. The van der Waals surface area contributed by atoms with E-state index in [1.807, 2.05) is 6.07 Å². The van der Waals surface area contributed by atoms with Crippen LogP contribution in [-0.2, 0) is 5.88 Å². The minimum Gasteiger partial charge on any atom is -0.493 e. The van der Waals surface area contributed by atoms with E-state index in [9.17, 15) is 0 Å². The van der Waals surface area contributed by atoms with E-state index in [0.29, 0.717) is 33.3 Å². The van der Waals surface area contributed by atoms with Crippen LogP contribution in [0.4, 0.5) is 0 Å². The van der Waals surface area contributed by atoms with Crippen molar-refractivity contribution in [1.82, 2.24) is 10.2 Å². The Hall–Kier alpha value is -1.53. The molecular formula is C11H11ClN2O3S. The van der Waals surface area contributed by atoms with Gasteiger partial charge in [0.2, 0.25) is 5.75 Å². The van der Waals surface area contributed by atoms with Crippen molar-refractivity contribution in [3.63, 3.8) is 0 Å². The van der Waals surface area contributed by atoms with E-state index in [-0.39, 0.29) is 0 Å². The van der Waals surface area contributed by atoms with Gasteiger partial charge < -0.3 is 14.2 Å². The predicted molar refractivity (Wildman–Crippen MR) is 69.1 cm³/mol. The summed E-state index contributed by atoms with van der Waals surface area (Å²) in [7, 11) is 3.12. The monoisotopic (exact) mass is 286 g/mol. The van der Waals surface area contributed by atoms with Gasteiger partial charge in [-0.2, -0.15) is 0 Å². The molecular weight excluding hydrogens is 276 g/mol. The van der Waals surface area contributed by atoms with Crippen LogP contribution in [0, 0.1) is 0 Å². The molecule has 0 N–H and O–H groups in total. The number of aromatic nitrogens is 2. The smallest absolute Gasteiger partial charge is 0.299 e. The van der Waals surface area contributed by atoms with Crippen molar-refractivity contribution in [1.29, 1.82) is 0 Å². The molecule has 0 bridgehead atoms. The number of halogens is 1. The first kappa shape index (κ1) is 12.9. The van der Waals surface area contributed by atoms with Gasteiger partial charge in [0.25, 0.3) is 5.19 Å². The van der Waals surface area contributed by atoms with E-state index < -0.39 is 0 Å². The van der Waals surface area contributed by atoms with Gasteiger partial charge in [-0.05, 0) is 12.1 Å². The highest BCUT2D eigenvalue weighted by Gasteiger charge is 2.14. The number of ether oxygens (including phenoxy) is 3. The first-order chi connectivity index (χ1) is 8.78. The maximum Gasteiger partial charge on any atom is 0.299 e. The maximum atomic E-state index is 5.66. The number of alkyl halides is 1. The molecule has 18 heavy (non-hydrogen) atoms. The molecule has 0 radical (unpaired) electrons. The Morgan fingerprint density at radius 1 is 1.17 bits per heavy atom. The van der Waals surface area contributed by atoms with Gasteiger partial charge in [-0.1, -0.05) is 22.5 Å². The Balaban J connectivity index is 2.31. The molecule has 2 aromatic rings. The second-order valence-electron chi connectivity index (χ2n) is 3.19. The van der Waals surface area contributed by atoms with Crippen LogP contribution in [0.5, 0.6) is 22.4 Å². The van der Waals surface area contributed by atoms with Crippen LogP contribution in [0.1, 0.15) is 5.01 Å². The van der Waals surface area contributed by atoms with Crippen molar-refractivity contribution in [3.05, 3.63) is 23.2 Å². The largest absolute Gasteiger partial charge is 0.493 e. The van der Waals surface area contributed by atoms with Gasteiger partial charge in [0.1, 0.15) is 5.01 Å². The van der Waals surface area contributed by atoms with Gasteiger partial charge in [0, 0.05) is 0 Å². The van der Waals surface area contributed by atoms with Gasteiger partial charge in [-0.15, -0.1) is 16.7 Å². The molecule has 0 fully saturated rings. The molecule has 0 aliphatic carbocycles. The Bertz CT molecular complexity index is 511. The van der Waals surface area contributed by atoms with Gasteiger partial charge in [-0.3, -0.25) is 0 Å². The van der Waals surface area contributed by atoms with Gasteiger partial charge in [0.05, 0.1) is 20.1 Å². The Labute approximate surface area is 113 Å². The molecule has 0 atom stereocenters. The highest BCUT2D eigenvalue weighted by atomic mass is 35.5. The fourth-order valence-corrected chi connectivity index (χ4v) is 2.10. The van der Waals surface area contributed by atoms with E-state index in [1.165, 1.54) is 11.3 Å². The van der Waals surface area contributed by atoms with Crippen molar-refractivity contribution in [2.45, 2.75) is 5.88 Å². The lowest BCUT2D eigenvalue weighted by atomic mass is 10.3. The molecule has 1 aromatic heterocycles. The standard InChI is InChI=1S/C11H11ClN2O3S/c1-15-7-4-3-5-8(16-2)10(7)17-11-14-13-9(6-12)18-11/h3-5H,6H2,1-2H3. The van der Waals surface area contributed by atoms with Crippen molar-refractivity contribution in [2.75, 3.05) is 14.2 Å². The van der Waals surface area contributed by atoms with Crippen molar-refractivity contribution in [2.24, 2.45) is 0 Å². The third-order valence-electron chi connectivity index (χ3n) is 2.13. The van der Waals surface area contributed by atoms with Gasteiger partial charge in [-0.25, -0.2) is 0 Å². The molecule has 0 saturated carbocycles. The van der Waals surface area contributed by atoms with E-state index in [4.69, 9.17) is 25.8 Å². The number of methoxy groups -OCH3 is 2. The summed E-state index contributed by atoms with van der Waals surface area (Å²) in [6, 6.07) is 5.37. The van der Waals surface area contributed by atoms with Crippen LogP contribution in [0.3, 0.4) is 0 Å². The SMILES string of the molecule is COc1cccc(OC)c1Oc1nnc(CCl)s1. The predicted octanol–water partition coefficient (Wildman–Crippen LogP) is 3.09. The summed E-state index contributed by atoms with van der Waals surface area (Å²) < 4.78 is 16.1. The number of hydrogen-bond acceptors (Lipinski definition) is 6. The lowest BCUT2D eigenvalue weighted by Gasteiger charge is -2.11. The van der Waals surface area contributed by atoms with Crippen LogP contribution in [0.25, 0.3) is 0 Å². The molecule has 1 heterocycles. The number of hydrogen-bond donors (Lipinski definition) is 0. The van der Waals surface area contributed by atoms with Crippen LogP contribution >= 0.6 is 22.9 Å². The fraction of sp³-hybridized carbons (Fsp3) is 0.273. The second kappa shape index (κ2) is 5.88. The second-order valence-corrected chi connectivity index (χ2v) is 4.48. The summed E-state index contributed by atoms with van der Waals surface area (Å²) in [4.78, 5) is 0. The van der Waals surface area contributed by atoms with E-state index in [0.717, 1.165) is 0 Å². The van der Waals surface area contributed by atoms with Crippen molar-refractivity contribution in [3.8, 4) is 22.4 Å².